The molecule has 0 heterocycles. The second-order valence-corrected chi connectivity index (χ2v) is 5.30. The molecule has 2 aromatic carbocycles. The van der Waals surface area contributed by atoms with E-state index in [1.54, 1.807) is 12.1 Å². The number of terminal acetylenes is 1. The Morgan fingerprint density at radius 1 is 1.17 bits per heavy atom. The van der Waals surface area contributed by atoms with Crippen LogP contribution in [0.15, 0.2) is 48.5 Å². The average molecular weight is 304 g/mol. The van der Waals surface area contributed by atoms with E-state index < -0.39 is 5.97 Å². The summed E-state index contributed by atoms with van der Waals surface area (Å²) in [6.07, 6.45) is 8.94. The molecule has 0 bridgehead atoms. The van der Waals surface area contributed by atoms with Gasteiger partial charge in [-0.2, -0.15) is 0 Å². The molecule has 0 atom stereocenters. The predicted octanol–water partition coefficient (Wildman–Crippen LogP) is 4.22. The van der Waals surface area contributed by atoms with Crippen LogP contribution in [0, 0.1) is 18.2 Å². The van der Waals surface area contributed by atoms with Gasteiger partial charge < -0.3 is 5.11 Å². The fourth-order valence-electron chi connectivity index (χ4n) is 2.66. The summed E-state index contributed by atoms with van der Waals surface area (Å²) in [6.45, 7) is 0. The zero-order valence-electron chi connectivity index (χ0n) is 12.2. The Bertz CT molecular complexity index is 881. The standard InChI is InChI=1S/C20H13FO2/c1-2-13-3-5-14(6-4-13)9-15-10-16(11-20(22)23)19-12-17(21)7-8-18(15)19/h1,3-10,12H,11H2,(H,22,23)/b15-9+. The number of benzene rings is 2. The van der Waals surface area contributed by atoms with Gasteiger partial charge in [0.15, 0.2) is 0 Å². The first-order valence-corrected chi connectivity index (χ1v) is 7.08. The van der Waals surface area contributed by atoms with Crippen LogP contribution in [-0.2, 0) is 4.79 Å². The Morgan fingerprint density at radius 3 is 2.57 bits per heavy atom. The Balaban J connectivity index is 2.05. The first-order chi connectivity index (χ1) is 11.1. The number of halogens is 1. The molecule has 0 spiro atoms. The maximum Gasteiger partial charge on any atom is 0.307 e. The lowest BCUT2D eigenvalue weighted by Gasteiger charge is -2.04. The fourth-order valence-corrected chi connectivity index (χ4v) is 2.66. The van der Waals surface area contributed by atoms with Gasteiger partial charge in [-0.25, -0.2) is 4.39 Å². The van der Waals surface area contributed by atoms with E-state index in [9.17, 15) is 9.18 Å². The van der Waals surface area contributed by atoms with E-state index >= 15 is 0 Å². The van der Waals surface area contributed by atoms with Crippen molar-refractivity contribution in [1.29, 1.82) is 0 Å². The normalized spacial score (nSPS) is 14.3. The highest BCUT2D eigenvalue weighted by Gasteiger charge is 2.20. The van der Waals surface area contributed by atoms with Crippen molar-refractivity contribution in [3.8, 4) is 12.3 Å². The van der Waals surface area contributed by atoms with E-state index in [1.165, 1.54) is 12.1 Å². The molecule has 3 rings (SSSR count). The van der Waals surface area contributed by atoms with E-state index in [1.807, 2.05) is 30.3 Å². The molecule has 0 amide bonds. The number of allylic oxidation sites excluding steroid dienone is 2. The van der Waals surface area contributed by atoms with Crippen LogP contribution in [0.1, 0.15) is 28.7 Å². The molecular weight excluding hydrogens is 291 g/mol. The third-order valence-electron chi connectivity index (χ3n) is 3.71. The molecule has 23 heavy (non-hydrogen) atoms. The lowest BCUT2D eigenvalue weighted by molar-refractivity contribution is -0.135. The van der Waals surface area contributed by atoms with Crippen LogP contribution < -0.4 is 0 Å². The molecule has 0 aliphatic heterocycles. The molecule has 0 unspecified atom stereocenters. The van der Waals surface area contributed by atoms with Crippen LogP contribution in [0.4, 0.5) is 4.39 Å². The third kappa shape index (κ3) is 3.07. The van der Waals surface area contributed by atoms with E-state index in [0.717, 1.165) is 22.3 Å². The van der Waals surface area contributed by atoms with Crippen LogP contribution in [0.25, 0.3) is 17.2 Å². The molecule has 1 aliphatic rings. The van der Waals surface area contributed by atoms with Crippen molar-refractivity contribution >= 4 is 23.2 Å². The summed E-state index contributed by atoms with van der Waals surface area (Å²) >= 11 is 0. The summed E-state index contributed by atoms with van der Waals surface area (Å²) in [4.78, 5) is 11.0. The minimum atomic E-state index is -0.939. The van der Waals surface area contributed by atoms with Gasteiger partial charge in [-0.3, -0.25) is 4.79 Å². The van der Waals surface area contributed by atoms with Crippen LogP contribution in [0.3, 0.4) is 0 Å². The fraction of sp³-hybridized carbons (Fsp3) is 0.0500. The van der Waals surface area contributed by atoms with Gasteiger partial charge in [-0.05, 0) is 64.3 Å². The highest BCUT2D eigenvalue weighted by molar-refractivity contribution is 6.04. The molecule has 1 aliphatic carbocycles. The van der Waals surface area contributed by atoms with Crippen LogP contribution in [0.2, 0.25) is 0 Å². The van der Waals surface area contributed by atoms with Crippen molar-refractivity contribution < 1.29 is 14.3 Å². The molecule has 0 aromatic heterocycles. The summed E-state index contributed by atoms with van der Waals surface area (Å²) < 4.78 is 13.5. The number of fused-ring (bicyclic) bond motifs is 1. The largest absolute Gasteiger partial charge is 0.481 e. The summed E-state index contributed by atoms with van der Waals surface area (Å²) in [6, 6.07) is 11.9. The molecule has 0 saturated carbocycles. The number of hydrogen-bond acceptors (Lipinski definition) is 1. The van der Waals surface area contributed by atoms with Crippen molar-refractivity contribution in [2.45, 2.75) is 6.42 Å². The molecule has 0 saturated heterocycles. The summed E-state index contributed by atoms with van der Waals surface area (Å²) in [7, 11) is 0. The summed E-state index contributed by atoms with van der Waals surface area (Å²) in [5.74, 6) is 1.24. The summed E-state index contributed by atoms with van der Waals surface area (Å²) in [5.41, 5.74) is 4.69. The molecule has 112 valence electrons. The molecule has 1 N–H and O–H groups in total. The quantitative estimate of drug-likeness (QED) is 0.862. The van der Waals surface area contributed by atoms with Crippen molar-refractivity contribution in [3.05, 3.63) is 76.6 Å². The highest BCUT2D eigenvalue weighted by Crippen LogP contribution is 2.38. The number of aliphatic carboxylic acids is 1. The van der Waals surface area contributed by atoms with Gasteiger partial charge in [0.25, 0.3) is 0 Å². The third-order valence-corrected chi connectivity index (χ3v) is 3.71. The van der Waals surface area contributed by atoms with Crippen molar-refractivity contribution in [3.63, 3.8) is 0 Å². The summed E-state index contributed by atoms with van der Waals surface area (Å²) in [5, 5.41) is 9.03. The molecule has 0 fully saturated rings. The van der Waals surface area contributed by atoms with E-state index in [4.69, 9.17) is 11.5 Å². The predicted molar refractivity (Wildman–Crippen MR) is 88.9 cm³/mol. The molecule has 2 nitrogen and oxygen atoms in total. The van der Waals surface area contributed by atoms with Crippen molar-refractivity contribution in [1.82, 2.24) is 0 Å². The lowest BCUT2D eigenvalue weighted by Crippen LogP contribution is -1.96. The van der Waals surface area contributed by atoms with Gasteiger partial charge in [-0.15, -0.1) is 6.42 Å². The van der Waals surface area contributed by atoms with Crippen LogP contribution >= 0.6 is 0 Å². The monoisotopic (exact) mass is 304 g/mol. The smallest absolute Gasteiger partial charge is 0.307 e. The Labute approximate surface area is 133 Å². The molecular formula is C20H13FO2. The lowest BCUT2D eigenvalue weighted by atomic mass is 10.0. The van der Waals surface area contributed by atoms with Crippen LogP contribution in [-0.4, -0.2) is 11.1 Å². The van der Waals surface area contributed by atoms with Gasteiger partial charge in [0.2, 0.25) is 0 Å². The van der Waals surface area contributed by atoms with E-state index in [0.29, 0.717) is 11.1 Å². The molecule has 0 radical (unpaired) electrons. The average Bonchev–Trinajstić information content (AvgIpc) is 2.84. The minimum Gasteiger partial charge on any atom is -0.481 e. The van der Waals surface area contributed by atoms with Crippen LogP contribution in [0.5, 0.6) is 0 Å². The minimum absolute atomic E-state index is 0.135. The Morgan fingerprint density at radius 2 is 1.91 bits per heavy atom. The topological polar surface area (TPSA) is 37.3 Å². The Kier molecular flexibility index (Phi) is 3.82. The second kappa shape index (κ2) is 5.94. The van der Waals surface area contributed by atoms with E-state index in [-0.39, 0.29) is 12.2 Å². The van der Waals surface area contributed by atoms with Crippen molar-refractivity contribution in [2.24, 2.45) is 0 Å². The maximum absolute atomic E-state index is 13.5. The number of carbonyl (C=O) groups is 1. The Hall–Kier alpha value is -3.12. The van der Waals surface area contributed by atoms with E-state index in [2.05, 4.69) is 5.92 Å². The maximum atomic E-state index is 13.5. The van der Waals surface area contributed by atoms with Gasteiger partial charge in [0.05, 0.1) is 6.42 Å². The number of carboxylic acid groups (broad SMARTS) is 1. The number of hydrogen-bond donors (Lipinski definition) is 1. The second-order valence-electron chi connectivity index (χ2n) is 5.30. The molecule has 2 aromatic rings. The first kappa shape index (κ1) is 14.8. The first-order valence-electron chi connectivity index (χ1n) is 7.08. The SMILES string of the molecule is C#Cc1ccc(/C=C2\C=C(CC(=O)O)c3cc(F)ccc32)cc1. The number of rotatable bonds is 3. The zero-order valence-corrected chi connectivity index (χ0v) is 12.2. The van der Waals surface area contributed by atoms with Gasteiger partial charge in [0, 0.05) is 5.56 Å². The van der Waals surface area contributed by atoms with Gasteiger partial charge in [0.1, 0.15) is 5.82 Å². The molecule has 3 heteroatoms. The van der Waals surface area contributed by atoms with Gasteiger partial charge in [-0.1, -0.05) is 24.1 Å². The van der Waals surface area contributed by atoms with Gasteiger partial charge >= 0.3 is 5.97 Å². The highest BCUT2D eigenvalue weighted by atomic mass is 19.1. The number of carboxylic acids is 1. The zero-order chi connectivity index (χ0) is 16.4. The van der Waals surface area contributed by atoms with Crippen molar-refractivity contribution in [2.75, 3.05) is 0 Å².